The van der Waals surface area contributed by atoms with Crippen LogP contribution in [-0.2, 0) is 14.4 Å². The molecule has 0 aliphatic carbocycles. The minimum absolute atomic E-state index is 0.0346. The molecular weight excluding hydrogens is 494 g/mol. The van der Waals surface area contributed by atoms with Crippen LogP contribution in [0.2, 0.25) is 0 Å². The third kappa shape index (κ3) is 5.60. The van der Waals surface area contributed by atoms with E-state index < -0.39 is 16.0 Å². The van der Waals surface area contributed by atoms with Gasteiger partial charge in [-0.3, -0.25) is 9.59 Å². The van der Waals surface area contributed by atoms with Crippen LogP contribution in [0.25, 0.3) is 21.9 Å². The maximum atomic E-state index is 12.6. The molecule has 0 atom stereocenters. The van der Waals surface area contributed by atoms with Gasteiger partial charge in [-0.05, 0) is 65.7 Å². The molecule has 1 amide bonds. The number of carbonyl (C=O) groups excluding carboxylic acids is 2. The van der Waals surface area contributed by atoms with Crippen LogP contribution in [0.1, 0.15) is 27.6 Å². The summed E-state index contributed by atoms with van der Waals surface area (Å²) in [6.45, 7) is 1.50. The molecule has 0 saturated carbocycles. The number of hydrogen-bond donors (Lipinski definition) is 2. The molecule has 0 aliphatic heterocycles. The molecule has 0 heterocycles. The Hall–Kier alpha value is -4.29. The van der Waals surface area contributed by atoms with Gasteiger partial charge in [-0.2, -0.15) is 18.6 Å². The van der Waals surface area contributed by atoms with Crippen molar-refractivity contribution in [3.8, 4) is 11.1 Å². The highest BCUT2D eigenvalue weighted by Crippen LogP contribution is 2.32. The number of nitrogens with zero attached hydrogens (tertiary/aromatic N) is 3. The summed E-state index contributed by atoms with van der Waals surface area (Å²) in [5.41, 5.74) is 2.67. The van der Waals surface area contributed by atoms with Gasteiger partial charge in [0.05, 0.1) is 11.4 Å². The predicted octanol–water partition coefficient (Wildman–Crippen LogP) is 4.52. The van der Waals surface area contributed by atoms with Gasteiger partial charge in [-0.15, -0.1) is 10.2 Å². The average molecular weight is 518 g/mol. The van der Waals surface area contributed by atoms with E-state index in [-0.39, 0.29) is 10.7 Å². The monoisotopic (exact) mass is 517 g/mol. The predicted molar refractivity (Wildman–Crippen MR) is 140 cm³/mol. The van der Waals surface area contributed by atoms with Gasteiger partial charge in [0.2, 0.25) is 0 Å². The molecule has 0 bridgehead atoms. The number of nitrogens with two attached hydrogens (primary N) is 2. The summed E-state index contributed by atoms with van der Waals surface area (Å²) in [4.78, 5) is 24.0. The molecule has 188 valence electrons. The number of Topliss-reactive ketones (excluding diaryl/α,β-unsaturated/α-hetero) is 1. The standard InChI is InChI=1S/C26H23N5O5S/c1-16(32)18-3-4-20-14-21(6-5-19(20)13-18)26(33)30-29-22-9-7-17(8-10-22)24-12-11-23(31(2)27)15-25(24)37(34,35)36-28/h3-15H,27-28H2,1-2H3. The van der Waals surface area contributed by atoms with Gasteiger partial charge in [-0.1, -0.05) is 36.4 Å². The number of anilines is 1. The fourth-order valence-electron chi connectivity index (χ4n) is 3.69. The lowest BCUT2D eigenvalue weighted by Crippen LogP contribution is -2.25. The molecule has 0 saturated heterocycles. The fourth-order valence-corrected chi connectivity index (χ4v) is 4.52. The molecule has 4 N–H and O–H groups in total. The van der Waals surface area contributed by atoms with Crippen molar-refractivity contribution in [3.05, 3.63) is 90.0 Å². The van der Waals surface area contributed by atoms with Crippen LogP contribution in [0.5, 0.6) is 0 Å². The van der Waals surface area contributed by atoms with Crippen molar-refractivity contribution in [1.82, 2.24) is 0 Å². The Balaban J connectivity index is 1.57. The quantitative estimate of drug-likeness (QED) is 0.157. The number of amides is 1. The van der Waals surface area contributed by atoms with Gasteiger partial charge in [0.15, 0.2) is 5.78 Å². The molecule has 0 fully saturated rings. The topological polar surface area (TPSA) is 158 Å². The highest BCUT2D eigenvalue weighted by molar-refractivity contribution is 7.86. The molecule has 4 aromatic rings. The minimum atomic E-state index is -4.23. The number of benzene rings is 4. The number of carbonyl (C=O) groups is 2. The molecule has 10 nitrogen and oxygen atoms in total. The van der Waals surface area contributed by atoms with Gasteiger partial charge in [0.25, 0.3) is 5.91 Å². The first-order valence-corrected chi connectivity index (χ1v) is 12.4. The summed E-state index contributed by atoms with van der Waals surface area (Å²) in [5.74, 6) is 10.2. The van der Waals surface area contributed by atoms with E-state index in [1.807, 2.05) is 0 Å². The van der Waals surface area contributed by atoms with E-state index in [9.17, 15) is 18.0 Å². The summed E-state index contributed by atoms with van der Waals surface area (Å²) in [6, 6.07) is 21.4. The van der Waals surface area contributed by atoms with Crippen molar-refractivity contribution in [2.75, 3.05) is 12.1 Å². The summed E-state index contributed by atoms with van der Waals surface area (Å²) in [7, 11) is -2.66. The zero-order valence-corrected chi connectivity index (χ0v) is 20.8. The van der Waals surface area contributed by atoms with Gasteiger partial charge >= 0.3 is 10.1 Å². The Kier molecular flexibility index (Phi) is 7.23. The summed E-state index contributed by atoms with van der Waals surface area (Å²) >= 11 is 0. The van der Waals surface area contributed by atoms with Crippen LogP contribution in [0.15, 0.2) is 94.0 Å². The third-order valence-corrected chi connectivity index (χ3v) is 6.83. The maximum absolute atomic E-state index is 12.6. The molecule has 4 rings (SSSR count). The number of hydrazine groups is 1. The van der Waals surface area contributed by atoms with E-state index in [0.29, 0.717) is 33.6 Å². The molecule has 0 aromatic heterocycles. The lowest BCUT2D eigenvalue weighted by atomic mass is 10.0. The van der Waals surface area contributed by atoms with E-state index in [1.54, 1.807) is 79.8 Å². The molecule has 0 radical (unpaired) electrons. The Morgan fingerprint density at radius 2 is 1.49 bits per heavy atom. The van der Waals surface area contributed by atoms with Gasteiger partial charge in [0.1, 0.15) is 4.90 Å². The van der Waals surface area contributed by atoms with Crippen molar-refractivity contribution >= 4 is 44.0 Å². The highest BCUT2D eigenvalue weighted by Gasteiger charge is 2.21. The van der Waals surface area contributed by atoms with Crippen LogP contribution in [-0.4, -0.2) is 27.2 Å². The zero-order valence-electron chi connectivity index (χ0n) is 20.0. The molecule has 37 heavy (non-hydrogen) atoms. The first-order chi connectivity index (χ1) is 17.6. The van der Waals surface area contributed by atoms with Crippen LogP contribution < -0.4 is 16.7 Å². The van der Waals surface area contributed by atoms with Crippen LogP contribution in [0.4, 0.5) is 11.4 Å². The van der Waals surface area contributed by atoms with Crippen molar-refractivity contribution in [3.63, 3.8) is 0 Å². The SMILES string of the molecule is CC(=O)c1ccc2cc(C(=O)N=Nc3ccc(-c4ccc(N(C)N)cc4S(=O)(=O)ON)cc3)ccc2c1. The van der Waals surface area contributed by atoms with Crippen molar-refractivity contribution in [1.29, 1.82) is 0 Å². The summed E-state index contributed by atoms with van der Waals surface area (Å²) in [6.07, 6.45) is 0. The fraction of sp³-hybridized carbons (Fsp3) is 0.0769. The number of rotatable bonds is 7. The molecule has 11 heteroatoms. The second kappa shape index (κ2) is 10.4. The van der Waals surface area contributed by atoms with E-state index >= 15 is 0 Å². The molecule has 0 aliphatic rings. The molecule has 0 unspecified atom stereocenters. The second-order valence-electron chi connectivity index (χ2n) is 8.23. The van der Waals surface area contributed by atoms with E-state index in [2.05, 4.69) is 14.5 Å². The van der Waals surface area contributed by atoms with Crippen molar-refractivity contribution in [2.45, 2.75) is 11.8 Å². The van der Waals surface area contributed by atoms with Gasteiger partial charge < -0.3 is 5.01 Å². The van der Waals surface area contributed by atoms with Crippen LogP contribution in [0, 0.1) is 0 Å². The van der Waals surface area contributed by atoms with E-state index in [1.165, 1.54) is 18.0 Å². The first-order valence-electron chi connectivity index (χ1n) is 11.0. The van der Waals surface area contributed by atoms with E-state index in [4.69, 9.17) is 11.7 Å². The average Bonchev–Trinajstić information content (AvgIpc) is 2.91. The van der Waals surface area contributed by atoms with Crippen LogP contribution >= 0.6 is 0 Å². The summed E-state index contributed by atoms with van der Waals surface area (Å²) in [5, 5.41) is 10.7. The number of azo groups is 1. The largest absolute Gasteiger partial charge is 0.314 e. The normalized spacial score (nSPS) is 11.7. The lowest BCUT2D eigenvalue weighted by Gasteiger charge is -2.16. The summed E-state index contributed by atoms with van der Waals surface area (Å²) < 4.78 is 29.0. The Bertz CT molecular complexity index is 1650. The smallest absolute Gasteiger partial charge is 0.313 e. The molecular formula is C26H23N5O5S. The van der Waals surface area contributed by atoms with Gasteiger partial charge in [-0.25, -0.2) is 5.84 Å². The number of ketones is 1. The Labute approximate surface area is 213 Å². The maximum Gasteiger partial charge on any atom is 0.313 e. The molecule has 0 spiro atoms. The highest BCUT2D eigenvalue weighted by atomic mass is 32.2. The van der Waals surface area contributed by atoms with Crippen molar-refractivity contribution in [2.24, 2.45) is 22.0 Å². The minimum Gasteiger partial charge on any atom is -0.314 e. The first kappa shape index (κ1) is 25.8. The Morgan fingerprint density at radius 3 is 2.08 bits per heavy atom. The number of fused-ring (bicyclic) bond motifs is 1. The van der Waals surface area contributed by atoms with Crippen LogP contribution in [0.3, 0.4) is 0 Å². The zero-order chi connectivity index (χ0) is 26.7. The Morgan fingerprint density at radius 1 is 0.865 bits per heavy atom. The second-order valence-corrected chi connectivity index (χ2v) is 9.77. The molecule has 4 aromatic carbocycles. The third-order valence-electron chi connectivity index (χ3n) is 5.70. The van der Waals surface area contributed by atoms with Gasteiger partial charge in [0, 0.05) is 23.7 Å². The number of hydrogen-bond acceptors (Lipinski definition) is 9. The lowest BCUT2D eigenvalue weighted by molar-refractivity contribution is 0.0992. The van der Waals surface area contributed by atoms with E-state index in [0.717, 1.165) is 10.8 Å². The van der Waals surface area contributed by atoms with Crippen molar-refractivity contribution < 1.29 is 22.3 Å².